The van der Waals surface area contributed by atoms with Crippen LogP contribution in [0.3, 0.4) is 0 Å². The Kier molecular flexibility index (Phi) is 45.8. The Hall–Kier alpha value is -1.99. The second-order valence-electron chi connectivity index (χ2n) is 22.3. The quantitative estimate of drug-likeness (QED) is 0.0359. The maximum absolute atomic E-state index is 11.4. The van der Waals surface area contributed by atoms with E-state index >= 15 is 0 Å². The Balaban J connectivity index is 0.000000494. The smallest absolute Gasteiger partial charge is 0.493 e. The molecule has 0 amide bonds. The molecule has 416 valence electrons. The summed E-state index contributed by atoms with van der Waals surface area (Å²) in [4.78, 5) is 0. The third kappa shape index (κ3) is 35.3. The van der Waals surface area contributed by atoms with Crippen molar-refractivity contribution in [2.45, 2.75) is 341 Å². The minimum Gasteiger partial charge on any atom is -0.493 e. The molecule has 2 aromatic rings. The first-order valence-corrected chi connectivity index (χ1v) is 33.6. The van der Waals surface area contributed by atoms with E-state index in [0.717, 1.165) is 54.6 Å². The van der Waals surface area contributed by atoms with Crippen molar-refractivity contribution < 1.29 is 19.1 Å². The molecule has 0 spiro atoms. The molecule has 2 nitrogen and oxygen atoms in total. The van der Waals surface area contributed by atoms with Gasteiger partial charge in [0.05, 0.1) is 0 Å². The molecule has 3 heteroatoms. The van der Waals surface area contributed by atoms with Crippen molar-refractivity contribution in [3.05, 3.63) is 88.0 Å². The molecule has 0 fully saturated rings. The molecule has 1 aliphatic heterocycles. The molecule has 0 atom stereocenters. The minimum absolute atomic E-state index is 0.905. The Morgan fingerprint density at radius 1 is 0.333 bits per heavy atom. The van der Waals surface area contributed by atoms with Crippen molar-refractivity contribution in [2.24, 2.45) is 0 Å². The molecule has 1 heterocycles. The normalized spacial score (nSPS) is 12.6. The van der Waals surface area contributed by atoms with Gasteiger partial charge < -0.3 is 5.53 Å². The molecule has 0 N–H and O–H groups in total. The zero-order valence-electron chi connectivity index (χ0n) is 48.8. The zero-order valence-corrected chi connectivity index (χ0v) is 49.8. The molecule has 0 aliphatic carbocycles. The van der Waals surface area contributed by atoms with E-state index in [2.05, 4.69) is 89.2 Å². The van der Waals surface area contributed by atoms with E-state index < -0.39 is 0 Å². The van der Waals surface area contributed by atoms with Crippen molar-refractivity contribution >= 4 is 11.4 Å². The van der Waals surface area contributed by atoms with Crippen molar-refractivity contribution in [2.75, 3.05) is 0 Å². The van der Waals surface area contributed by atoms with Gasteiger partial charge in [-0.05, 0) is 73.9 Å². The SMILES string of the molecule is CCCCCCCCCCCCCCCCC[CH2][Ni][CH2]CCCCCCCCCCCCCCCCC.CCCCCCCCc1cccc(C2=CC(CCCC)=C(c3ccc(CCCCC)cc3)[N+]2=[N-])c1. The first-order valence-electron chi connectivity index (χ1n) is 32.2. The molecule has 0 bridgehead atoms. The van der Waals surface area contributed by atoms with Gasteiger partial charge in [-0.2, -0.15) is 0 Å². The van der Waals surface area contributed by atoms with E-state index in [0.29, 0.717) is 0 Å². The summed E-state index contributed by atoms with van der Waals surface area (Å²) in [6.07, 6.45) is 66.6. The van der Waals surface area contributed by atoms with Crippen LogP contribution in [0.1, 0.15) is 339 Å². The van der Waals surface area contributed by atoms with E-state index in [1.165, 1.54) is 295 Å². The van der Waals surface area contributed by atoms with Crippen molar-refractivity contribution in [3.8, 4) is 0 Å². The molecule has 0 saturated carbocycles. The summed E-state index contributed by atoms with van der Waals surface area (Å²) >= 11 is 2.04. The summed E-state index contributed by atoms with van der Waals surface area (Å²) in [5, 5.41) is 2.87. The monoisotopic (exact) mass is 1030 g/mol. The topological polar surface area (TPSA) is 25.3 Å². The van der Waals surface area contributed by atoms with Crippen LogP contribution in [0.15, 0.2) is 60.2 Å². The number of rotatable bonds is 50. The fraction of sp³-hybridized carbons (Fsp3) is 0.768. The summed E-state index contributed by atoms with van der Waals surface area (Å²) < 4.78 is 1.45. The molecule has 2 aromatic carbocycles. The van der Waals surface area contributed by atoms with Gasteiger partial charge in [0.15, 0.2) is 0 Å². The van der Waals surface area contributed by atoms with Gasteiger partial charge in [-0.1, -0.05) is 174 Å². The van der Waals surface area contributed by atoms with Crippen LogP contribution in [0.5, 0.6) is 0 Å². The van der Waals surface area contributed by atoms with Crippen LogP contribution in [0, 0.1) is 0 Å². The summed E-state index contributed by atoms with van der Waals surface area (Å²) in [6, 6.07) is 17.6. The summed E-state index contributed by atoms with van der Waals surface area (Å²) in [6.45, 7) is 11.4. The fourth-order valence-electron chi connectivity index (χ4n) is 10.5. The van der Waals surface area contributed by atoms with Crippen LogP contribution >= 0.6 is 0 Å². The van der Waals surface area contributed by atoms with Gasteiger partial charge >= 0.3 is 166 Å². The summed E-state index contributed by atoms with van der Waals surface area (Å²) in [7, 11) is 0. The van der Waals surface area contributed by atoms with E-state index in [1.54, 1.807) is 0 Å². The fourth-order valence-corrected chi connectivity index (χ4v) is 11.8. The number of hydrogen-bond donors (Lipinski definition) is 0. The van der Waals surface area contributed by atoms with E-state index in [9.17, 15) is 5.53 Å². The van der Waals surface area contributed by atoms with Crippen molar-refractivity contribution in [1.82, 2.24) is 0 Å². The Morgan fingerprint density at radius 2 is 0.681 bits per heavy atom. The van der Waals surface area contributed by atoms with Crippen molar-refractivity contribution in [1.29, 1.82) is 0 Å². The second-order valence-corrected chi connectivity index (χ2v) is 23.8. The number of allylic oxidation sites excluding steroid dienone is 2. The van der Waals surface area contributed by atoms with Crippen LogP contribution in [0.2, 0.25) is 10.8 Å². The van der Waals surface area contributed by atoms with E-state index in [1.807, 2.05) is 14.4 Å². The Labute approximate surface area is 456 Å². The second kappa shape index (κ2) is 49.9. The third-order valence-corrected chi connectivity index (χ3v) is 16.7. The van der Waals surface area contributed by atoms with Gasteiger partial charge in [-0.15, -0.1) is 0 Å². The summed E-state index contributed by atoms with van der Waals surface area (Å²) in [5.74, 6) is 0. The van der Waals surface area contributed by atoms with Gasteiger partial charge in [-0.25, -0.2) is 4.70 Å². The van der Waals surface area contributed by atoms with Crippen LogP contribution in [-0.4, -0.2) is 4.70 Å². The predicted molar refractivity (Wildman–Crippen MR) is 320 cm³/mol. The average Bonchev–Trinajstić information content (AvgIpc) is 3.73. The standard InChI is InChI=1S/C33H46N2.2C18H37.Ni/c1-4-7-10-11-12-14-17-28-18-15-20-30(25-28)32-26-31(19-9-6-3)33(35(32)34)29-23-21-27(22-24-29)16-13-8-5-2;2*1-3-5-7-9-11-13-15-17-18-16-14-12-10-8-6-4-2;/h15,18,20-26H,4-14,16-17,19H2,1-3H3;2*1,3-18H2,2H3;. The van der Waals surface area contributed by atoms with Gasteiger partial charge in [0.25, 0.3) is 0 Å². The molecule has 0 aromatic heterocycles. The molecule has 72 heavy (non-hydrogen) atoms. The van der Waals surface area contributed by atoms with Crippen LogP contribution in [0.4, 0.5) is 0 Å². The third-order valence-electron chi connectivity index (χ3n) is 15.3. The molecular weight excluding hydrogens is 915 g/mol. The maximum atomic E-state index is 11.4. The predicted octanol–water partition coefficient (Wildman–Crippen LogP) is 24.7. The average molecular weight is 1040 g/mol. The van der Waals surface area contributed by atoms with Gasteiger partial charge in [0.1, 0.15) is 0 Å². The van der Waals surface area contributed by atoms with Crippen LogP contribution in [0.25, 0.3) is 16.9 Å². The zero-order chi connectivity index (χ0) is 51.6. The first-order chi connectivity index (χ1) is 35.6. The van der Waals surface area contributed by atoms with Crippen LogP contribution in [-0.2, 0) is 27.3 Å². The van der Waals surface area contributed by atoms with Crippen LogP contribution < -0.4 is 0 Å². The molecule has 3 rings (SSSR count). The van der Waals surface area contributed by atoms with Gasteiger partial charge in [0.2, 0.25) is 11.4 Å². The molecule has 1 aliphatic rings. The van der Waals surface area contributed by atoms with E-state index in [4.69, 9.17) is 0 Å². The molecule has 0 saturated heterocycles. The first kappa shape index (κ1) is 66.1. The number of aryl methyl sites for hydroxylation is 2. The number of unbranched alkanes of at least 4 members (excludes halogenated alkanes) is 38. The van der Waals surface area contributed by atoms with Gasteiger partial charge in [0, 0.05) is 22.8 Å². The Morgan fingerprint density at radius 3 is 1.10 bits per heavy atom. The molecular formula is C69H120N2Ni. The summed E-state index contributed by atoms with van der Waals surface area (Å²) in [5.41, 5.74) is 19.4. The van der Waals surface area contributed by atoms with Gasteiger partial charge in [-0.3, -0.25) is 0 Å². The Bertz CT molecular complexity index is 1540. The number of hydrogen-bond acceptors (Lipinski definition) is 0. The van der Waals surface area contributed by atoms with Crippen molar-refractivity contribution in [3.63, 3.8) is 0 Å². The molecule has 0 radical (unpaired) electrons. The molecule has 0 unspecified atom stereocenters. The minimum atomic E-state index is 0.905. The van der Waals surface area contributed by atoms with E-state index in [-0.39, 0.29) is 0 Å². The number of benzene rings is 2. The number of nitrogens with zero attached hydrogens (tertiary/aromatic N) is 2.